The van der Waals surface area contributed by atoms with Crippen molar-refractivity contribution in [3.05, 3.63) is 28.8 Å². The quantitative estimate of drug-likeness (QED) is 0.837. The molecule has 0 aliphatic carbocycles. The van der Waals surface area contributed by atoms with Gasteiger partial charge in [-0.15, -0.1) is 11.8 Å². The van der Waals surface area contributed by atoms with Gasteiger partial charge in [-0.3, -0.25) is 4.90 Å². The maximum absolute atomic E-state index is 6.22. The van der Waals surface area contributed by atoms with Gasteiger partial charge in [-0.1, -0.05) is 11.6 Å². The summed E-state index contributed by atoms with van der Waals surface area (Å²) in [6, 6.07) is 6.29. The van der Waals surface area contributed by atoms with Crippen molar-refractivity contribution < 1.29 is 0 Å². The van der Waals surface area contributed by atoms with Gasteiger partial charge in [0, 0.05) is 42.6 Å². The number of halogens is 1. The Kier molecular flexibility index (Phi) is 4.53. The van der Waals surface area contributed by atoms with E-state index in [1.54, 1.807) is 11.8 Å². The van der Waals surface area contributed by atoms with Crippen LogP contribution in [0.4, 0.5) is 0 Å². The lowest BCUT2D eigenvalue weighted by Crippen LogP contribution is -2.42. The number of nitrogens with zero attached hydrogens (tertiary/aromatic N) is 1. The fourth-order valence-corrected chi connectivity index (χ4v) is 2.55. The van der Waals surface area contributed by atoms with E-state index in [1.807, 2.05) is 6.07 Å². The summed E-state index contributed by atoms with van der Waals surface area (Å²) in [6.07, 6.45) is 2.10. The largest absolute Gasteiger partial charge is 0.314 e. The van der Waals surface area contributed by atoms with Crippen LogP contribution in [0, 0.1) is 0 Å². The van der Waals surface area contributed by atoms with Gasteiger partial charge in [0.1, 0.15) is 0 Å². The highest BCUT2D eigenvalue weighted by molar-refractivity contribution is 7.98. The lowest BCUT2D eigenvalue weighted by Gasteiger charge is -2.27. The highest BCUT2D eigenvalue weighted by atomic mass is 35.5. The first-order chi connectivity index (χ1) is 7.79. The summed E-state index contributed by atoms with van der Waals surface area (Å²) in [4.78, 5) is 3.73. The third-order valence-corrected chi connectivity index (χ3v) is 3.95. The molecule has 1 aliphatic heterocycles. The summed E-state index contributed by atoms with van der Waals surface area (Å²) < 4.78 is 0. The van der Waals surface area contributed by atoms with Crippen LogP contribution in [0.1, 0.15) is 5.56 Å². The van der Waals surface area contributed by atoms with Crippen molar-refractivity contribution in [2.45, 2.75) is 11.4 Å². The minimum Gasteiger partial charge on any atom is -0.314 e. The third-order valence-electron chi connectivity index (χ3n) is 2.86. The van der Waals surface area contributed by atoms with E-state index in [1.165, 1.54) is 10.5 Å². The minimum absolute atomic E-state index is 0.885. The molecule has 0 aromatic heterocycles. The van der Waals surface area contributed by atoms with Gasteiger partial charge in [0.15, 0.2) is 0 Å². The van der Waals surface area contributed by atoms with Crippen LogP contribution >= 0.6 is 23.4 Å². The van der Waals surface area contributed by atoms with Gasteiger partial charge in [0.25, 0.3) is 0 Å². The van der Waals surface area contributed by atoms with Gasteiger partial charge in [-0.25, -0.2) is 0 Å². The third kappa shape index (κ3) is 3.14. The maximum Gasteiger partial charge on any atom is 0.0451 e. The van der Waals surface area contributed by atoms with Gasteiger partial charge in [0.2, 0.25) is 0 Å². The number of thioether (sulfide) groups is 1. The second-order valence-electron chi connectivity index (χ2n) is 3.98. The van der Waals surface area contributed by atoms with Gasteiger partial charge in [0.05, 0.1) is 0 Å². The Labute approximate surface area is 106 Å². The molecule has 4 heteroatoms. The molecule has 0 bridgehead atoms. The highest BCUT2D eigenvalue weighted by Gasteiger charge is 2.11. The Hall–Kier alpha value is -0.220. The topological polar surface area (TPSA) is 15.3 Å². The fraction of sp³-hybridized carbons (Fsp3) is 0.500. The molecule has 0 amide bonds. The van der Waals surface area contributed by atoms with Crippen molar-refractivity contribution in [1.82, 2.24) is 10.2 Å². The van der Waals surface area contributed by atoms with Crippen molar-refractivity contribution in [3.8, 4) is 0 Å². The van der Waals surface area contributed by atoms with Crippen LogP contribution in [0.3, 0.4) is 0 Å². The van der Waals surface area contributed by atoms with Crippen LogP contribution in [-0.4, -0.2) is 37.3 Å². The minimum atomic E-state index is 0.885. The summed E-state index contributed by atoms with van der Waals surface area (Å²) in [5, 5.41) is 4.24. The molecule has 1 aromatic carbocycles. The molecule has 2 nitrogen and oxygen atoms in total. The van der Waals surface area contributed by atoms with Gasteiger partial charge >= 0.3 is 0 Å². The Bertz CT molecular complexity index is 351. The molecule has 0 unspecified atom stereocenters. The molecule has 1 aromatic rings. The molecule has 0 saturated carbocycles. The van der Waals surface area contributed by atoms with Crippen molar-refractivity contribution in [2.24, 2.45) is 0 Å². The highest BCUT2D eigenvalue weighted by Crippen LogP contribution is 2.24. The van der Waals surface area contributed by atoms with Crippen LogP contribution in [0.5, 0.6) is 0 Å². The summed E-state index contributed by atoms with van der Waals surface area (Å²) in [7, 11) is 0. The molecule has 0 radical (unpaired) electrons. The monoisotopic (exact) mass is 256 g/mol. The predicted molar refractivity (Wildman–Crippen MR) is 71.4 cm³/mol. The number of hydrogen-bond donors (Lipinski definition) is 1. The van der Waals surface area contributed by atoms with E-state index in [-0.39, 0.29) is 0 Å². The van der Waals surface area contributed by atoms with Crippen molar-refractivity contribution >= 4 is 23.4 Å². The normalized spacial score (nSPS) is 17.6. The standard InChI is InChI=1S/C12H17ClN2S/c1-16-11-2-3-12(13)10(8-11)9-15-6-4-14-5-7-15/h2-3,8,14H,4-7,9H2,1H3. The van der Waals surface area contributed by atoms with Gasteiger partial charge in [-0.2, -0.15) is 0 Å². The molecule has 1 N–H and O–H groups in total. The molecule has 1 aliphatic rings. The van der Waals surface area contributed by atoms with Crippen LogP contribution in [0.15, 0.2) is 23.1 Å². The summed E-state index contributed by atoms with van der Waals surface area (Å²) in [6.45, 7) is 5.36. The number of piperazine rings is 1. The lowest BCUT2D eigenvalue weighted by atomic mass is 10.2. The second-order valence-corrected chi connectivity index (χ2v) is 5.27. The van der Waals surface area contributed by atoms with E-state index in [0.717, 1.165) is 37.7 Å². The first kappa shape index (κ1) is 12.2. The van der Waals surface area contributed by atoms with Crippen molar-refractivity contribution in [3.63, 3.8) is 0 Å². The maximum atomic E-state index is 6.22. The predicted octanol–water partition coefficient (Wildman–Crippen LogP) is 2.47. The smallest absolute Gasteiger partial charge is 0.0451 e. The van der Waals surface area contributed by atoms with E-state index in [9.17, 15) is 0 Å². The SMILES string of the molecule is CSc1ccc(Cl)c(CN2CCNCC2)c1. The second kappa shape index (κ2) is 5.92. The van der Waals surface area contributed by atoms with E-state index >= 15 is 0 Å². The summed E-state index contributed by atoms with van der Waals surface area (Å²) in [5.41, 5.74) is 1.25. The average Bonchev–Trinajstić information content (AvgIpc) is 2.33. The Morgan fingerprint density at radius 1 is 1.38 bits per heavy atom. The Balaban J connectivity index is 2.06. The molecule has 1 heterocycles. The lowest BCUT2D eigenvalue weighted by molar-refractivity contribution is 0.233. The fourth-order valence-electron chi connectivity index (χ4n) is 1.91. The zero-order valence-corrected chi connectivity index (χ0v) is 11.1. The number of hydrogen-bond acceptors (Lipinski definition) is 3. The molecule has 1 saturated heterocycles. The molecule has 16 heavy (non-hydrogen) atoms. The van der Waals surface area contributed by atoms with Gasteiger partial charge in [-0.05, 0) is 30.0 Å². The summed E-state index contributed by atoms with van der Waals surface area (Å²) in [5.74, 6) is 0. The van der Waals surface area contributed by atoms with E-state index in [2.05, 4.69) is 28.6 Å². The van der Waals surface area contributed by atoms with E-state index in [4.69, 9.17) is 11.6 Å². The van der Waals surface area contributed by atoms with Crippen molar-refractivity contribution in [1.29, 1.82) is 0 Å². The molecular formula is C12H17ClN2S. The number of benzene rings is 1. The van der Waals surface area contributed by atoms with Crippen LogP contribution < -0.4 is 5.32 Å². The van der Waals surface area contributed by atoms with Crippen LogP contribution in [0.2, 0.25) is 5.02 Å². The zero-order chi connectivity index (χ0) is 11.4. The molecule has 0 spiro atoms. The van der Waals surface area contributed by atoms with Crippen LogP contribution in [-0.2, 0) is 6.54 Å². The van der Waals surface area contributed by atoms with E-state index < -0.39 is 0 Å². The zero-order valence-electron chi connectivity index (χ0n) is 9.50. The van der Waals surface area contributed by atoms with Crippen LogP contribution in [0.25, 0.3) is 0 Å². The number of nitrogens with one attached hydrogen (secondary N) is 1. The Morgan fingerprint density at radius 2 is 2.12 bits per heavy atom. The van der Waals surface area contributed by atoms with Gasteiger partial charge < -0.3 is 5.32 Å². The number of rotatable bonds is 3. The summed E-state index contributed by atoms with van der Waals surface area (Å²) >= 11 is 7.99. The van der Waals surface area contributed by atoms with E-state index in [0.29, 0.717) is 0 Å². The average molecular weight is 257 g/mol. The molecular weight excluding hydrogens is 240 g/mol. The molecule has 2 rings (SSSR count). The first-order valence-corrected chi connectivity index (χ1v) is 7.15. The molecule has 88 valence electrons. The molecule has 1 fully saturated rings. The Morgan fingerprint density at radius 3 is 2.81 bits per heavy atom. The van der Waals surface area contributed by atoms with Crippen molar-refractivity contribution in [2.75, 3.05) is 32.4 Å². The molecule has 0 atom stereocenters. The first-order valence-electron chi connectivity index (χ1n) is 5.55.